The highest BCUT2D eigenvalue weighted by Crippen LogP contribution is 2.29. The predicted molar refractivity (Wildman–Crippen MR) is 138 cm³/mol. The lowest BCUT2D eigenvalue weighted by atomic mass is 9.90. The Labute approximate surface area is 210 Å². The van der Waals surface area contributed by atoms with Gasteiger partial charge < -0.3 is 20.8 Å². The van der Waals surface area contributed by atoms with Crippen molar-refractivity contribution in [3.8, 4) is 5.88 Å². The number of ether oxygens (including phenoxy) is 1. The first-order chi connectivity index (χ1) is 16.9. The Bertz CT molecular complexity index is 1440. The number of halogens is 1. The molecule has 0 radical (unpaired) electrons. The minimum atomic E-state index is -0.658. The minimum Gasteiger partial charge on any atom is -0.481 e. The first-order valence-electron chi connectivity index (χ1n) is 10.8. The van der Waals surface area contributed by atoms with Crippen LogP contribution in [0.3, 0.4) is 0 Å². The van der Waals surface area contributed by atoms with E-state index in [1.807, 2.05) is 16.8 Å². The summed E-state index contributed by atoms with van der Waals surface area (Å²) in [5, 5.41) is 7.45. The number of nitrogens with zero attached hydrogens (tertiary/aromatic N) is 1. The summed E-state index contributed by atoms with van der Waals surface area (Å²) in [4.78, 5) is 45.3. The number of aromatic nitrogens is 2. The number of thiophene rings is 1. The number of pyridine rings is 2. The molecule has 10 heteroatoms. The Morgan fingerprint density at radius 1 is 1.26 bits per heavy atom. The summed E-state index contributed by atoms with van der Waals surface area (Å²) in [5.41, 5.74) is 7.28. The lowest BCUT2D eigenvalue weighted by Crippen LogP contribution is -2.23. The molecule has 0 fully saturated rings. The Hall–Kier alpha value is -3.53. The van der Waals surface area contributed by atoms with Gasteiger partial charge in [-0.05, 0) is 65.5 Å². The van der Waals surface area contributed by atoms with Gasteiger partial charge in [-0.3, -0.25) is 14.4 Å². The molecule has 3 aromatic heterocycles. The molecule has 8 nitrogen and oxygen atoms in total. The van der Waals surface area contributed by atoms with Crippen molar-refractivity contribution in [1.82, 2.24) is 9.97 Å². The summed E-state index contributed by atoms with van der Waals surface area (Å²) >= 11 is 7.86. The largest absolute Gasteiger partial charge is 0.481 e. The van der Waals surface area contributed by atoms with Gasteiger partial charge in [0.05, 0.1) is 23.3 Å². The number of benzene rings is 1. The zero-order chi connectivity index (χ0) is 24.9. The molecule has 4 N–H and O–H groups in total. The number of H-pyrrole nitrogens is 1. The van der Waals surface area contributed by atoms with Crippen molar-refractivity contribution in [3.63, 3.8) is 0 Å². The third kappa shape index (κ3) is 5.59. The van der Waals surface area contributed by atoms with Crippen molar-refractivity contribution in [1.29, 1.82) is 0 Å². The molecule has 0 aliphatic heterocycles. The van der Waals surface area contributed by atoms with Crippen molar-refractivity contribution in [3.05, 3.63) is 85.4 Å². The van der Waals surface area contributed by atoms with Crippen LogP contribution < -0.4 is 21.3 Å². The second kappa shape index (κ2) is 10.8. The maximum atomic E-state index is 13.0. The molecule has 3 heterocycles. The second-order valence-electron chi connectivity index (χ2n) is 7.93. The molecule has 0 saturated carbocycles. The Morgan fingerprint density at radius 2 is 2.09 bits per heavy atom. The molecule has 4 rings (SSSR count). The molecule has 1 amide bonds. The van der Waals surface area contributed by atoms with E-state index in [1.165, 1.54) is 25.4 Å². The van der Waals surface area contributed by atoms with Gasteiger partial charge in [0.25, 0.3) is 11.5 Å². The average molecular weight is 511 g/mol. The van der Waals surface area contributed by atoms with Gasteiger partial charge in [-0.15, -0.1) is 0 Å². The lowest BCUT2D eigenvalue weighted by molar-refractivity contribution is 0.0970. The maximum Gasteiger partial charge on any atom is 0.261 e. The van der Waals surface area contributed by atoms with Gasteiger partial charge in [-0.2, -0.15) is 11.3 Å². The Balaban J connectivity index is 1.56. The van der Waals surface area contributed by atoms with Crippen LogP contribution in [0.4, 0.5) is 5.69 Å². The molecule has 0 saturated heterocycles. The Kier molecular flexibility index (Phi) is 7.60. The molecule has 35 heavy (non-hydrogen) atoms. The topological polar surface area (TPSA) is 127 Å². The molecular weight excluding hydrogens is 488 g/mol. The molecule has 1 atom stereocenters. The summed E-state index contributed by atoms with van der Waals surface area (Å²) in [6.45, 7) is 0.471. The van der Waals surface area contributed by atoms with Crippen LogP contribution in [-0.2, 0) is 0 Å². The van der Waals surface area contributed by atoms with Crippen LogP contribution in [0, 0.1) is 0 Å². The van der Waals surface area contributed by atoms with Crippen LogP contribution in [0.1, 0.15) is 45.0 Å². The van der Waals surface area contributed by atoms with Crippen LogP contribution in [-0.4, -0.2) is 35.3 Å². The van der Waals surface area contributed by atoms with Crippen LogP contribution >= 0.6 is 22.9 Å². The van der Waals surface area contributed by atoms with Crippen molar-refractivity contribution >= 4 is 51.2 Å². The standard InChI is InChI=1S/C25H23ClN4O4S/c1-34-23-11-20-17(12-28-23)8-18(24(32)29-20)25(33)30-21-9-15(2-3-19(21)26)22(31)10-14(4-6-27)16-5-7-35-13-16/h2-3,5,7-9,11-14H,4,6,10,27H2,1H3,(H,29,32)(H,30,33). The van der Waals surface area contributed by atoms with Crippen molar-refractivity contribution in [2.75, 3.05) is 19.0 Å². The summed E-state index contributed by atoms with van der Waals surface area (Å²) in [5.74, 6) is -0.401. The third-order valence-electron chi connectivity index (χ3n) is 5.65. The summed E-state index contributed by atoms with van der Waals surface area (Å²) < 4.78 is 5.06. The number of hydrogen-bond donors (Lipinski definition) is 3. The molecule has 0 bridgehead atoms. The molecule has 1 unspecified atom stereocenters. The SMILES string of the molecule is COc1cc2[nH]c(=O)c(C(=O)Nc3cc(C(=O)CC(CCN)c4ccsc4)ccc3Cl)cc2cn1. The van der Waals surface area contributed by atoms with Crippen molar-refractivity contribution in [2.45, 2.75) is 18.8 Å². The van der Waals surface area contributed by atoms with Gasteiger partial charge in [0.1, 0.15) is 5.56 Å². The highest BCUT2D eigenvalue weighted by atomic mass is 35.5. The van der Waals surface area contributed by atoms with E-state index >= 15 is 0 Å². The first kappa shape index (κ1) is 24.6. The van der Waals surface area contributed by atoms with Crippen LogP contribution in [0.25, 0.3) is 10.9 Å². The monoisotopic (exact) mass is 510 g/mol. The summed E-state index contributed by atoms with van der Waals surface area (Å²) in [6.07, 6.45) is 2.47. The van der Waals surface area contributed by atoms with Crippen LogP contribution in [0.15, 0.2) is 58.1 Å². The number of fused-ring (bicyclic) bond motifs is 1. The molecule has 180 valence electrons. The van der Waals surface area contributed by atoms with Crippen molar-refractivity contribution in [2.24, 2.45) is 5.73 Å². The molecule has 0 aliphatic rings. The number of rotatable bonds is 9. The third-order valence-corrected chi connectivity index (χ3v) is 6.69. The Morgan fingerprint density at radius 3 is 2.80 bits per heavy atom. The smallest absolute Gasteiger partial charge is 0.261 e. The molecular formula is C25H23ClN4O4S. The lowest BCUT2D eigenvalue weighted by Gasteiger charge is -2.15. The highest BCUT2D eigenvalue weighted by Gasteiger charge is 2.19. The second-order valence-corrected chi connectivity index (χ2v) is 9.12. The summed E-state index contributed by atoms with van der Waals surface area (Å²) in [6, 6.07) is 9.70. The fourth-order valence-electron chi connectivity index (χ4n) is 3.78. The molecule has 0 spiro atoms. The van der Waals surface area contributed by atoms with E-state index in [9.17, 15) is 14.4 Å². The number of Topliss-reactive ketones (excluding diaryl/α,β-unsaturated/α-hetero) is 1. The fraction of sp³-hybridized carbons (Fsp3) is 0.200. The van der Waals surface area contributed by atoms with Gasteiger partial charge in [-0.25, -0.2) is 4.98 Å². The normalized spacial score (nSPS) is 11.9. The van der Waals surface area contributed by atoms with E-state index in [1.54, 1.807) is 29.5 Å². The minimum absolute atomic E-state index is 0.0101. The number of amides is 1. The van der Waals surface area contributed by atoms with E-state index in [0.29, 0.717) is 35.3 Å². The number of nitrogens with one attached hydrogen (secondary N) is 2. The van der Waals surface area contributed by atoms with E-state index in [4.69, 9.17) is 22.1 Å². The predicted octanol–water partition coefficient (Wildman–Crippen LogP) is 4.60. The fourth-order valence-corrected chi connectivity index (χ4v) is 4.69. The van der Waals surface area contributed by atoms with Gasteiger partial charge in [0.2, 0.25) is 5.88 Å². The van der Waals surface area contributed by atoms with Gasteiger partial charge in [-0.1, -0.05) is 11.6 Å². The van der Waals surface area contributed by atoms with Crippen molar-refractivity contribution < 1.29 is 14.3 Å². The highest BCUT2D eigenvalue weighted by molar-refractivity contribution is 7.08. The maximum absolute atomic E-state index is 13.0. The molecule has 1 aromatic carbocycles. The quantitative estimate of drug-likeness (QED) is 0.282. The molecule has 4 aromatic rings. The number of anilines is 1. The average Bonchev–Trinajstić information content (AvgIpc) is 3.39. The van der Waals surface area contributed by atoms with E-state index in [-0.39, 0.29) is 34.4 Å². The number of ketones is 1. The van der Waals surface area contributed by atoms with Crippen LogP contribution in [0.5, 0.6) is 5.88 Å². The van der Waals surface area contributed by atoms with E-state index < -0.39 is 11.5 Å². The first-order valence-corrected chi connectivity index (χ1v) is 12.1. The number of carbonyl (C=O) groups excluding carboxylic acids is 2. The number of carbonyl (C=O) groups is 2. The zero-order valence-corrected chi connectivity index (χ0v) is 20.4. The number of methoxy groups -OCH3 is 1. The van der Waals surface area contributed by atoms with Gasteiger partial charge in [0.15, 0.2) is 5.78 Å². The van der Waals surface area contributed by atoms with E-state index in [0.717, 1.165) is 5.56 Å². The van der Waals surface area contributed by atoms with Crippen LogP contribution in [0.2, 0.25) is 5.02 Å². The number of nitrogens with two attached hydrogens (primary N) is 1. The molecule has 0 aliphatic carbocycles. The van der Waals surface area contributed by atoms with Gasteiger partial charge >= 0.3 is 0 Å². The number of hydrogen-bond acceptors (Lipinski definition) is 7. The zero-order valence-electron chi connectivity index (χ0n) is 18.8. The van der Waals surface area contributed by atoms with E-state index in [2.05, 4.69) is 15.3 Å². The van der Waals surface area contributed by atoms with Gasteiger partial charge in [0, 0.05) is 29.6 Å². The summed E-state index contributed by atoms with van der Waals surface area (Å²) in [7, 11) is 1.47. The number of aromatic amines is 1.